The van der Waals surface area contributed by atoms with Crippen molar-refractivity contribution in [3.8, 4) is 0 Å². The highest BCUT2D eigenvalue weighted by molar-refractivity contribution is 7.15. The number of hydrogen-bond acceptors (Lipinski definition) is 10. The number of nitrogens with zero attached hydrogens (tertiary/aromatic N) is 6. The molecule has 1 fully saturated rings. The maximum Gasteiger partial charge on any atom is 0.232 e. The second-order valence-corrected chi connectivity index (χ2v) is 10.7. The topological polar surface area (TPSA) is 136 Å². The lowest BCUT2D eigenvalue weighted by Gasteiger charge is -2.07. The second kappa shape index (κ2) is 11.4. The van der Waals surface area contributed by atoms with Gasteiger partial charge in [0.2, 0.25) is 22.1 Å². The van der Waals surface area contributed by atoms with Crippen LogP contribution in [0.5, 0.6) is 0 Å². The summed E-state index contributed by atoms with van der Waals surface area (Å²) in [6.45, 7) is 0. The molecule has 0 saturated heterocycles. The maximum atomic E-state index is 12.3. The molecule has 0 aliphatic heterocycles. The second-order valence-electron chi connectivity index (χ2n) is 8.62. The zero-order chi connectivity index (χ0) is 24.7. The molecule has 4 aromatic rings. The van der Waals surface area contributed by atoms with Gasteiger partial charge in [0.25, 0.3) is 0 Å². The summed E-state index contributed by atoms with van der Waals surface area (Å²) >= 11 is 2.85. The standard InChI is InChI=1S/C24H24N8O2S2/c33-19(13-17-5-1-3-9-25-17)27-23-31-29-21(35-23)12-15-7-8-16(11-15)22-30-32-24(36-22)28-20(34)14-18-6-2-4-10-26-18/h1-6,9-10,15-16H,7-8,11-14H2,(H,27,31,33)(H,28,32,34)/t15-,16+/m0/s1. The minimum absolute atomic E-state index is 0.153. The molecular weight excluding hydrogens is 496 g/mol. The Hall–Kier alpha value is -3.64. The van der Waals surface area contributed by atoms with E-state index in [0.717, 1.165) is 35.7 Å². The van der Waals surface area contributed by atoms with Crippen LogP contribution >= 0.6 is 22.7 Å². The first-order chi connectivity index (χ1) is 17.6. The lowest BCUT2D eigenvalue weighted by atomic mass is 10.0. The van der Waals surface area contributed by atoms with E-state index < -0.39 is 0 Å². The van der Waals surface area contributed by atoms with E-state index in [2.05, 4.69) is 41.0 Å². The normalized spacial score (nSPS) is 17.1. The van der Waals surface area contributed by atoms with Crippen molar-refractivity contribution >= 4 is 44.8 Å². The lowest BCUT2D eigenvalue weighted by Crippen LogP contribution is -2.14. The molecule has 0 radical (unpaired) electrons. The molecule has 2 N–H and O–H groups in total. The van der Waals surface area contributed by atoms with E-state index in [4.69, 9.17) is 0 Å². The highest BCUT2D eigenvalue weighted by Crippen LogP contribution is 2.41. The van der Waals surface area contributed by atoms with E-state index in [1.807, 2.05) is 36.4 Å². The highest BCUT2D eigenvalue weighted by atomic mass is 32.1. The van der Waals surface area contributed by atoms with Crippen LogP contribution in [0.3, 0.4) is 0 Å². The van der Waals surface area contributed by atoms with E-state index in [9.17, 15) is 9.59 Å². The molecule has 12 heteroatoms. The number of pyridine rings is 2. The number of rotatable bonds is 9. The molecule has 1 saturated carbocycles. The van der Waals surface area contributed by atoms with Crippen LogP contribution in [0.2, 0.25) is 0 Å². The molecule has 0 spiro atoms. The minimum Gasteiger partial charge on any atom is -0.300 e. The number of aromatic nitrogens is 6. The summed E-state index contributed by atoms with van der Waals surface area (Å²) in [6.07, 6.45) is 7.63. The van der Waals surface area contributed by atoms with Gasteiger partial charge < -0.3 is 10.6 Å². The molecule has 36 heavy (non-hydrogen) atoms. The first-order valence-electron chi connectivity index (χ1n) is 11.7. The van der Waals surface area contributed by atoms with Crippen molar-refractivity contribution in [3.63, 3.8) is 0 Å². The summed E-state index contributed by atoms with van der Waals surface area (Å²) < 4.78 is 0. The average Bonchev–Trinajstić information content (AvgIpc) is 3.62. The molecule has 2 atom stereocenters. The van der Waals surface area contributed by atoms with Gasteiger partial charge in [-0.2, -0.15) is 0 Å². The minimum atomic E-state index is -0.156. The molecule has 184 valence electrons. The van der Waals surface area contributed by atoms with Crippen molar-refractivity contribution in [1.29, 1.82) is 0 Å². The van der Waals surface area contributed by atoms with E-state index in [1.165, 1.54) is 22.7 Å². The van der Waals surface area contributed by atoms with Crippen LogP contribution in [0.4, 0.5) is 10.3 Å². The van der Waals surface area contributed by atoms with Gasteiger partial charge >= 0.3 is 0 Å². The van der Waals surface area contributed by atoms with Gasteiger partial charge in [0.1, 0.15) is 10.0 Å². The first kappa shape index (κ1) is 24.1. The fourth-order valence-electron chi connectivity index (χ4n) is 4.23. The molecular formula is C24H24N8O2S2. The summed E-state index contributed by atoms with van der Waals surface area (Å²) in [6, 6.07) is 11.0. The van der Waals surface area contributed by atoms with Crippen molar-refractivity contribution < 1.29 is 9.59 Å². The largest absolute Gasteiger partial charge is 0.300 e. The van der Waals surface area contributed by atoms with Gasteiger partial charge in [0, 0.05) is 36.1 Å². The number of hydrogen-bond donors (Lipinski definition) is 2. The van der Waals surface area contributed by atoms with E-state index in [1.54, 1.807) is 12.4 Å². The summed E-state index contributed by atoms with van der Waals surface area (Å²) in [7, 11) is 0. The van der Waals surface area contributed by atoms with Gasteiger partial charge in [-0.05, 0) is 49.4 Å². The first-order valence-corrected chi connectivity index (χ1v) is 13.3. The number of carbonyl (C=O) groups is 2. The van der Waals surface area contributed by atoms with Crippen LogP contribution in [-0.4, -0.2) is 42.2 Å². The van der Waals surface area contributed by atoms with Gasteiger partial charge in [0.05, 0.1) is 12.8 Å². The Morgan fingerprint density at radius 2 is 1.44 bits per heavy atom. The van der Waals surface area contributed by atoms with E-state index >= 15 is 0 Å². The summed E-state index contributed by atoms with van der Waals surface area (Å²) in [4.78, 5) is 32.9. The van der Waals surface area contributed by atoms with Gasteiger partial charge in [0.15, 0.2) is 0 Å². The van der Waals surface area contributed by atoms with E-state index in [-0.39, 0.29) is 24.7 Å². The Morgan fingerprint density at radius 1 is 0.806 bits per heavy atom. The third-order valence-corrected chi connectivity index (χ3v) is 7.75. The van der Waals surface area contributed by atoms with Crippen LogP contribution in [0.1, 0.15) is 46.6 Å². The summed E-state index contributed by atoms with van der Waals surface area (Å²) in [5.74, 6) is 0.474. The molecule has 5 rings (SSSR count). The Labute approximate surface area is 215 Å². The zero-order valence-electron chi connectivity index (χ0n) is 19.3. The predicted octanol–water partition coefficient (Wildman–Crippen LogP) is 3.67. The Balaban J connectivity index is 1.09. The lowest BCUT2D eigenvalue weighted by molar-refractivity contribution is -0.116. The van der Waals surface area contributed by atoms with Crippen LogP contribution in [-0.2, 0) is 28.9 Å². The Kier molecular flexibility index (Phi) is 7.62. The number of nitrogens with one attached hydrogen (secondary N) is 2. The van der Waals surface area contributed by atoms with Crippen LogP contribution in [0, 0.1) is 5.92 Å². The number of amides is 2. The van der Waals surface area contributed by atoms with Gasteiger partial charge in [-0.15, -0.1) is 20.4 Å². The molecule has 2 amide bonds. The highest BCUT2D eigenvalue weighted by Gasteiger charge is 2.29. The predicted molar refractivity (Wildman–Crippen MR) is 137 cm³/mol. The van der Waals surface area contributed by atoms with Crippen molar-refractivity contribution in [3.05, 3.63) is 70.2 Å². The monoisotopic (exact) mass is 520 g/mol. The number of anilines is 2. The van der Waals surface area contributed by atoms with Gasteiger partial charge in [-0.1, -0.05) is 34.8 Å². The average molecular weight is 521 g/mol. The fraction of sp³-hybridized carbons (Fsp3) is 0.333. The van der Waals surface area contributed by atoms with Gasteiger partial charge in [-0.25, -0.2) is 0 Å². The van der Waals surface area contributed by atoms with Crippen molar-refractivity contribution in [2.24, 2.45) is 5.92 Å². The third-order valence-electron chi connectivity index (χ3n) is 5.89. The van der Waals surface area contributed by atoms with Gasteiger partial charge in [-0.3, -0.25) is 19.6 Å². The third kappa shape index (κ3) is 6.52. The molecule has 0 bridgehead atoms. The van der Waals surface area contributed by atoms with Crippen LogP contribution in [0.15, 0.2) is 48.8 Å². The molecule has 10 nitrogen and oxygen atoms in total. The molecule has 4 heterocycles. The summed E-state index contributed by atoms with van der Waals surface area (Å²) in [5, 5.41) is 25.4. The SMILES string of the molecule is O=C(Cc1ccccn1)Nc1nnc(C[C@H]2CC[C@@H](c3nnc(NC(=O)Cc4ccccn4)s3)C2)s1. The molecule has 1 aliphatic carbocycles. The maximum absolute atomic E-state index is 12.3. The van der Waals surface area contributed by atoms with E-state index in [0.29, 0.717) is 33.5 Å². The van der Waals surface area contributed by atoms with Crippen molar-refractivity contribution in [1.82, 2.24) is 30.4 Å². The molecule has 1 aliphatic rings. The molecule has 0 aromatic carbocycles. The smallest absolute Gasteiger partial charge is 0.232 e. The van der Waals surface area contributed by atoms with Crippen molar-refractivity contribution in [2.45, 2.75) is 44.4 Å². The van der Waals surface area contributed by atoms with Crippen LogP contribution in [0.25, 0.3) is 0 Å². The number of carbonyl (C=O) groups excluding carboxylic acids is 2. The zero-order valence-corrected chi connectivity index (χ0v) is 21.0. The Morgan fingerprint density at radius 3 is 2.08 bits per heavy atom. The quantitative estimate of drug-likeness (QED) is 0.341. The van der Waals surface area contributed by atoms with Crippen molar-refractivity contribution in [2.75, 3.05) is 10.6 Å². The Bertz CT molecular complexity index is 1310. The van der Waals surface area contributed by atoms with Crippen LogP contribution < -0.4 is 10.6 Å². The molecule has 4 aromatic heterocycles. The summed E-state index contributed by atoms with van der Waals surface area (Å²) in [5.41, 5.74) is 1.43. The fourth-order valence-corrected chi connectivity index (χ4v) is 6.01. The molecule has 0 unspecified atom stereocenters.